The van der Waals surface area contributed by atoms with Crippen LogP contribution in [0.3, 0.4) is 0 Å². The molecule has 0 aliphatic carbocycles. The Balaban J connectivity index is 2.33. The molecule has 0 saturated carbocycles. The number of carbonyl (C=O) groups is 1. The summed E-state index contributed by atoms with van der Waals surface area (Å²) in [4.78, 5) is 11.7. The molecule has 1 unspecified atom stereocenters. The molecule has 0 bridgehead atoms. The van der Waals surface area contributed by atoms with E-state index >= 15 is 0 Å². The van der Waals surface area contributed by atoms with E-state index in [0.717, 1.165) is 17.7 Å². The summed E-state index contributed by atoms with van der Waals surface area (Å²) in [6.45, 7) is 5.79. The first-order valence-corrected chi connectivity index (χ1v) is 5.51. The minimum atomic E-state index is -0.451. The first kappa shape index (κ1) is 11.1. The van der Waals surface area contributed by atoms with Gasteiger partial charge < -0.3 is 10.5 Å². The van der Waals surface area contributed by atoms with E-state index in [1.165, 1.54) is 0 Å². The van der Waals surface area contributed by atoms with Gasteiger partial charge in [0.2, 0.25) is 0 Å². The monoisotopic (exact) mass is 219 g/mol. The standard InChI is InChI=1S/C13H17NO2/c1-8(14)12(15)9-4-5-11-10(6-9)7-13(2,3)16-11/h4-6,8H,7,14H2,1-3H3. The Morgan fingerprint density at radius 3 is 2.81 bits per heavy atom. The smallest absolute Gasteiger partial charge is 0.179 e. The van der Waals surface area contributed by atoms with Crippen LogP contribution in [0.2, 0.25) is 0 Å². The highest BCUT2D eigenvalue weighted by Crippen LogP contribution is 2.35. The number of ether oxygens (including phenoxy) is 1. The third-order valence-corrected chi connectivity index (χ3v) is 2.76. The summed E-state index contributed by atoms with van der Waals surface area (Å²) >= 11 is 0. The van der Waals surface area contributed by atoms with E-state index in [-0.39, 0.29) is 11.4 Å². The van der Waals surface area contributed by atoms with Gasteiger partial charge in [-0.25, -0.2) is 0 Å². The number of carbonyl (C=O) groups excluding carboxylic acids is 1. The second-order valence-corrected chi connectivity index (χ2v) is 5.01. The number of nitrogens with two attached hydrogens (primary N) is 1. The molecule has 0 amide bonds. The summed E-state index contributed by atoms with van der Waals surface area (Å²) in [5, 5.41) is 0. The summed E-state index contributed by atoms with van der Waals surface area (Å²) in [6.07, 6.45) is 0.836. The minimum Gasteiger partial charge on any atom is -0.487 e. The van der Waals surface area contributed by atoms with Gasteiger partial charge in [0.25, 0.3) is 0 Å². The van der Waals surface area contributed by atoms with Crippen LogP contribution < -0.4 is 10.5 Å². The van der Waals surface area contributed by atoms with Crippen LogP contribution in [0.1, 0.15) is 36.7 Å². The van der Waals surface area contributed by atoms with Crippen molar-refractivity contribution in [3.05, 3.63) is 29.3 Å². The van der Waals surface area contributed by atoms with E-state index in [2.05, 4.69) is 0 Å². The van der Waals surface area contributed by atoms with Crippen molar-refractivity contribution in [3.8, 4) is 5.75 Å². The molecule has 0 spiro atoms. The maximum absolute atomic E-state index is 11.7. The molecule has 2 rings (SSSR count). The largest absolute Gasteiger partial charge is 0.487 e. The molecular formula is C13H17NO2. The molecule has 0 fully saturated rings. The summed E-state index contributed by atoms with van der Waals surface area (Å²) < 4.78 is 5.75. The predicted molar refractivity (Wildman–Crippen MR) is 62.8 cm³/mol. The zero-order valence-electron chi connectivity index (χ0n) is 9.91. The Labute approximate surface area is 95.6 Å². The molecule has 1 aromatic rings. The fourth-order valence-corrected chi connectivity index (χ4v) is 2.03. The second-order valence-electron chi connectivity index (χ2n) is 5.01. The number of benzene rings is 1. The molecule has 2 N–H and O–H groups in total. The molecular weight excluding hydrogens is 202 g/mol. The molecule has 1 aromatic carbocycles. The lowest BCUT2D eigenvalue weighted by atomic mass is 9.98. The van der Waals surface area contributed by atoms with Crippen LogP contribution in [0.5, 0.6) is 5.75 Å². The van der Waals surface area contributed by atoms with Crippen molar-refractivity contribution in [1.82, 2.24) is 0 Å². The Morgan fingerprint density at radius 2 is 2.19 bits per heavy atom. The number of hydrogen-bond acceptors (Lipinski definition) is 3. The van der Waals surface area contributed by atoms with Crippen molar-refractivity contribution in [1.29, 1.82) is 0 Å². The second kappa shape index (κ2) is 3.59. The molecule has 0 saturated heterocycles. The molecule has 1 atom stereocenters. The fraction of sp³-hybridized carbons (Fsp3) is 0.462. The Bertz CT molecular complexity index is 436. The zero-order chi connectivity index (χ0) is 11.9. The van der Waals surface area contributed by atoms with Gasteiger partial charge >= 0.3 is 0 Å². The molecule has 1 heterocycles. The van der Waals surface area contributed by atoms with Crippen molar-refractivity contribution in [2.24, 2.45) is 5.73 Å². The third kappa shape index (κ3) is 1.95. The Morgan fingerprint density at radius 1 is 1.50 bits per heavy atom. The van der Waals surface area contributed by atoms with Crippen molar-refractivity contribution in [2.75, 3.05) is 0 Å². The highest BCUT2D eigenvalue weighted by atomic mass is 16.5. The highest BCUT2D eigenvalue weighted by Gasteiger charge is 2.30. The summed E-state index contributed by atoms with van der Waals surface area (Å²) in [7, 11) is 0. The normalized spacial score (nSPS) is 18.8. The van der Waals surface area contributed by atoms with E-state index in [9.17, 15) is 4.79 Å². The van der Waals surface area contributed by atoms with Gasteiger partial charge in [-0.2, -0.15) is 0 Å². The quantitative estimate of drug-likeness (QED) is 0.773. The van der Waals surface area contributed by atoms with E-state index in [1.807, 2.05) is 26.0 Å². The topological polar surface area (TPSA) is 52.3 Å². The van der Waals surface area contributed by atoms with E-state index < -0.39 is 6.04 Å². The van der Waals surface area contributed by atoms with Gasteiger partial charge in [-0.3, -0.25) is 4.79 Å². The molecule has 3 heteroatoms. The van der Waals surface area contributed by atoms with Gasteiger partial charge in [0.1, 0.15) is 11.4 Å². The highest BCUT2D eigenvalue weighted by molar-refractivity contribution is 6.00. The molecule has 86 valence electrons. The van der Waals surface area contributed by atoms with Gasteiger partial charge in [0, 0.05) is 12.0 Å². The molecule has 1 aliphatic heterocycles. The Hall–Kier alpha value is -1.35. The van der Waals surface area contributed by atoms with Gasteiger partial charge in [-0.05, 0) is 44.5 Å². The van der Waals surface area contributed by atoms with Crippen molar-refractivity contribution < 1.29 is 9.53 Å². The van der Waals surface area contributed by atoms with E-state index in [1.54, 1.807) is 13.0 Å². The summed E-state index contributed by atoms with van der Waals surface area (Å²) in [5.74, 6) is 0.860. The molecule has 16 heavy (non-hydrogen) atoms. The van der Waals surface area contributed by atoms with Crippen LogP contribution in [0.4, 0.5) is 0 Å². The first-order chi connectivity index (χ1) is 7.39. The van der Waals surface area contributed by atoms with Gasteiger partial charge in [0.15, 0.2) is 5.78 Å². The van der Waals surface area contributed by atoms with Gasteiger partial charge in [-0.1, -0.05) is 0 Å². The van der Waals surface area contributed by atoms with E-state index in [0.29, 0.717) is 5.56 Å². The van der Waals surface area contributed by atoms with E-state index in [4.69, 9.17) is 10.5 Å². The maximum Gasteiger partial charge on any atom is 0.179 e. The van der Waals surface area contributed by atoms with Crippen LogP contribution in [-0.2, 0) is 6.42 Å². The lowest BCUT2D eigenvalue weighted by Gasteiger charge is -2.16. The van der Waals surface area contributed by atoms with Crippen LogP contribution in [-0.4, -0.2) is 17.4 Å². The predicted octanol–water partition coefficient (Wildman–Crippen LogP) is 1.93. The van der Waals surface area contributed by atoms with Crippen LogP contribution >= 0.6 is 0 Å². The molecule has 1 aliphatic rings. The lowest BCUT2D eigenvalue weighted by molar-refractivity contribution is 0.0968. The number of rotatable bonds is 2. The third-order valence-electron chi connectivity index (χ3n) is 2.76. The van der Waals surface area contributed by atoms with Crippen LogP contribution in [0, 0.1) is 0 Å². The lowest BCUT2D eigenvalue weighted by Crippen LogP contribution is -2.26. The maximum atomic E-state index is 11.7. The van der Waals surface area contributed by atoms with Crippen molar-refractivity contribution in [2.45, 2.75) is 38.8 Å². The average molecular weight is 219 g/mol. The van der Waals surface area contributed by atoms with Crippen molar-refractivity contribution in [3.63, 3.8) is 0 Å². The molecule has 0 radical (unpaired) electrons. The molecule has 3 nitrogen and oxygen atoms in total. The average Bonchev–Trinajstić information content (AvgIpc) is 2.48. The van der Waals surface area contributed by atoms with Crippen LogP contribution in [0.15, 0.2) is 18.2 Å². The number of Topliss-reactive ketones (excluding diaryl/α,β-unsaturated/α-hetero) is 1. The zero-order valence-corrected chi connectivity index (χ0v) is 9.91. The number of ketones is 1. The summed E-state index contributed by atoms with van der Waals surface area (Å²) in [5.41, 5.74) is 7.19. The number of fused-ring (bicyclic) bond motifs is 1. The number of hydrogen-bond donors (Lipinski definition) is 1. The minimum absolute atomic E-state index is 0.0208. The van der Waals surface area contributed by atoms with Crippen molar-refractivity contribution >= 4 is 5.78 Å². The van der Waals surface area contributed by atoms with Crippen LogP contribution in [0.25, 0.3) is 0 Å². The van der Waals surface area contributed by atoms with Gasteiger partial charge in [-0.15, -0.1) is 0 Å². The molecule has 0 aromatic heterocycles. The fourth-order valence-electron chi connectivity index (χ4n) is 2.03. The Kier molecular flexibility index (Phi) is 2.50. The summed E-state index contributed by atoms with van der Waals surface area (Å²) in [6, 6.07) is 5.09. The SMILES string of the molecule is CC(N)C(=O)c1ccc2c(c1)CC(C)(C)O2. The first-order valence-electron chi connectivity index (χ1n) is 5.51. The van der Waals surface area contributed by atoms with Gasteiger partial charge in [0.05, 0.1) is 6.04 Å².